The van der Waals surface area contributed by atoms with Crippen LogP contribution in [0.3, 0.4) is 0 Å². The summed E-state index contributed by atoms with van der Waals surface area (Å²) in [4.78, 5) is 24.2. The molecule has 0 saturated heterocycles. The molecular formula is C19H19NO6. The molecule has 0 fully saturated rings. The second kappa shape index (κ2) is 7.88. The largest absolute Gasteiger partial charge is 0.454 e. The average Bonchev–Trinajstić information content (AvgIpc) is 3.13. The first-order chi connectivity index (χ1) is 12.6. The van der Waals surface area contributed by atoms with Gasteiger partial charge in [-0.2, -0.15) is 0 Å². The fraction of sp³-hybridized carbons (Fsp3) is 0.263. The molecule has 0 unspecified atom stereocenters. The first-order valence-corrected chi connectivity index (χ1v) is 8.14. The van der Waals surface area contributed by atoms with Crippen LogP contribution in [0.25, 0.3) is 0 Å². The number of hydrogen-bond donors (Lipinski definition) is 2. The molecular weight excluding hydrogens is 338 g/mol. The van der Waals surface area contributed by atoms with E-state index < -0.39 is 18.0 Å². The van der Waals surface area contributed by atoms with Crippen LogP contribution in [-0.4, -0.2) is 29.9 Å². The van der Waals surface area contributed by atoms with Gasteiger partial charge in [0.2, 0.25) is 6.79 Å². The highest BCUT2D eigenvalue weighted by molar-refractivity contribution is 5.92. The molecule has 1 atom stereocenters. The van der Waals surface area contributed by atoms with Gasteiger partial charge in [0.25, 0.3) is 5.91 Å². The number of aliphatic hydroxyl groups excluding tert-OH is 1. The van der Waals surface area contributed by atoms with E-state index in [9.17, 15) is 9.59 Å². The van der Waals surface area contributed by atoms with Crippen LogP contribution in [0.5, 0.6) is 11.5 Å². The Kier molecular flexibility index (Phi) is 5.38. The van der Waals surface area contributed by atoms with Crippen LogP contribution in [0.4, 0.5) is 0 Å². The molecule has 0 saturated carbocycles. The summed E-state index contributed by atoms with van der Waals surface area (Å²) in [5, 5.41) is 11.7. The molecule has 2 N–H and O–H groups in total. The van der Waals surface area contributed by atoms with Gasteiger partial charge in [0.05, 0.1) is 12.2 Å². The van der Waals surface area contributed by atoms with Gasteiger partial charge in [0.1, 0.15) is 0 Å². The van der Waals surface area contributed by atoms with E-state index in [1.54, 1.807) is 36.4 Å². The zero-order chi connectivity index (χ0) is 18.5. The van der Waals surface area contributed by atoms with Crippen LogP contribution < -0.4 is 14.8 Å². The monoisotopic (exact) mass is 357 g/mol. The summed E-state index contributed by atoms with van der Waals surface area (Å²) in [6, 6.07) is 11.7. The Morgan fingerprint density at radius 3 is 2.54 bits per heavy atom. The highest BCUT2D eigenvalue weighted by Gasteiger charge is 2.19. The molecule has 3 rings (SSSR count). The van der Waals surface area contributed by atoms with Gasteiger partial charge in [-0.1, -0.05) is 18.2 Å². The fourth-order valence-electron chi connectivity index (χ4n) is 2.41. The highest BCUT2D eigenvalue weighted by Crippen LogP contribution is 2.32. The van der Waals surface area contributed by atoms with Gasteiger partial charge < -0.3 is 24.6 Å². The lowest BCUT2D eigenvalue weighted by molar-refractivity contribution is -0.129. The van der Waals surface area contributed by atoms with Gasteiger partial charge in [-0.25, -0.2) is 4.79 Å². The zero-order valence-corrected chi connectivity index (χ0v) is 14.2. The summed E-state index contributed by atoms with van der Waals surface area (Å²) >= 11 is 0. The molecule has 1 aliphatic heterocycles. The van der Waals surface area contributed by atoms with Gasteiger partial charge in [0.15, 0.2) is 17.6 Å². The molecule has 7 heteroatoms. The lowest BCUT2D eigenvalue weighted by atomic mass is 10.1. The predicted octanol–water partition coefficient (Wildman–Crippen LogP) is 1.77. The Morgan fingerprint density at radius 2 is 1.81 bits per heavy atom. The normalized spacial score (nSPS) is 13.2. The van der Waals surface area contributed by atoms with Crippen LogP contribution >= 0.6 is 0 Å². The molecule has 1 heterocycles. The van der Waals surface area contributed by atoms with Crippen LogP contribution in [0.2, 0.25) is 0 Å². The van der Waals surface area contributed by atoms with Crippen molar-refractivity contribution >= 4 is 11.9 Å². The van der Waals surface area contributed by atoms with E-state index in [0.717, 1.165) is 5.56 Å². The zero-order valence-electron chi connectivity index (χ0n) is 14.2. The van der Waals surface area contributed by atoms with Crippen molar-refractivity contribution in [3.05, 3.63) is 59.2 Å². The van der Waals surface area contributed by atoms with Gasteiger partial charge in [-0.3, -0.25) is 4.79 Å². The molecule has 136 valence electrons. The highest BCUT2D eigenvalue weighted by atomic mass is 16.7. The topological polar surface area (TPSA) is 94.1 Å². The summed E-state index contributed by atoms with van der Waals surface area (Å²) in [6.07, 6.45) is -0.936. The summed E-state index contributed by atoms with van der Waals surface area (Å²) in [7, 11) is 0. The quantitative estimate of drug-likeness (QED) is 0.765. The lowest BCUT2D eigenvalue weighted by Gasteiger charge is -2.14. The molecule has 1 aliphatic rings. The van der Waals surface area contributed by atoms with Gasteiger partial charge in [-0.15, -0.1) is 0 Å². The average molecular weight is 357 g/mol. The van der Waals surface area contributed by atoms with Crippen molar-refractivity contribution in [1.29, 1.82) is 0 Å². The van der Waals surface area contributed by atoms with Gasteiger partial charge in [-0.05, 0) is 42.3 Å². The SMILES string of the molecule is C[C@@H](OC(=O)c1ccc(CO)cc1)C(=O)NCc1ccc2c(c1)OCO2. The number of ether oxygens (including phenoxy) is 3. The minimum Gasteiger partial charge on any atom is -0.454 e. The maximum absolute atomic E-state index is 12.1. The first kappa shape index (κ1) is 17.8. The Hall–Kier alpha value is -3.06. The second-order valence-electron chi connectivity index (χ2n) is 5.81. The standard InChI is InChI=1S/C19H19NO6/c1-12(26-19(23)15-5-2-13(10-21)3-6-15)18(22)20-9-14-4-7-16-17(8-14)25-11-24-16/h2-8,12,21H,9-11H2,1H3,(H,20,22)/t12-/m1/s1. The number of nitrogens with one attached hydrogen (secondary N) is 1. The Balaban J connectivity index is 1.51. The number of rotatable bonds is 6. The Bertz CT molecular complexity index is 802. The number of benzene rings is 2. The van der Waals surface area contributed by atoms with Crippen LogP contribution in [0.15, 0.2) is 42.5 Å². The van der Waals surface area contributed by atoms with E-state index in [2.05, 4.69) is 5.32 Å². The summed E-state index contributed by atoms with van der Waals surface area (Å²) < 4.78 is 15.7. The molecule has 0 aliphatic carbocycles. The van der Waals surface area contributed by atoms with Crippen LogP contribution in [0.1, 0.15) is 28.4 Å². The molecule has 0 aromatic heterocycles. The maximum atomic E-state index is 12.1. The summed E-state index contributed by atoms with van der Waals surface area (Å²) in [5.41, 5.74) is 1.86. The lowest BCUT2D eigenvalue weighted by Crippen LogP contribution is -2.35. The van der Waals surface area contributed by atoms with E-state index in [1.807, 2.05) is 6.07 Å². The molecule has 0 bridgehead atoms. The number of amides is 1. The van der Waals surface area contributed by atoms with Crippen molar-refractivity contribution in [2.24, 2.45) is 0 Å². The number of aliphatic hydroxyl groups is 1. The van der Waals surface area contributed by atoms with E-state index in [-0.39, 0.29) is 19.9 Å². The van der Waals surface area contributed by atoms with E-state index in [4.69, 9.17) is 19.3 Å². The van der Waals surface area contributed by atoms with Crippen molar-refractivity contribution in [1.82, 2.24) is 5.32 Å². The fourth-order valence-corrected chi connectivity index (χ4v) is 2.41. The second-order valence-corrected chi connectivity index (χ2v) is 5.81. The van der Waals surface area contributed by atoms with Crippen molar-refractivity contribution in [2.75, 3.05) is 6.79 Å². The van der Waals surface area contributed by atoms with E-state index in [1.165, 1.54) is 6.92 Å². The third kappa shape index (κ3) is 4.12. The number of carbonyl (C=O) groups is 2. The van der Waals surface area contributed by atoms with E-state index >= 15 is 0 Å². The molecule has 2 aromatic rings. The van der Waals surface area contributed by atoms with Crippen LogP contribution in [0, 0.1) is 0 Å². The predicted molar refractivity (Wildman–Crippen MR) is 91.7 cm³/mol. The Morgan fingerprint density at radius 1 is 1.12 bits per heavy atom. The van der Waals surface area contributed by atoms with Crippen molar-refractivity contribution in [3.63, 3.8) is 0 Å². The number of fused-ring (bicyclic) bond motifs is 1. The van der Waals surface area contributed by atoms with Crippen molar-refractivity contribution in [3.8, 4) is 11.5 Å². The number of esters is 1. The summed E-state index contributed by atoms with van der Waals surface area (Å²) in [5.74, 6) is 0.320. The third-order valence-corrected chi connectivity index (χ3v) is 3.93. The maximum Gasteiger partial charge on any atom is 0.338 e. The minimum atomic E-state index is -0.936. The number of hydrogen-bond acceptors (Lipinski definition) is 6. The van der Waals surface area contributed by atoms with Gasteiger partial charge >= 0.3 is 5.97 Å². The van der Waals surface area contributed by atoms with Crippen LogP contribution in [-0.2, 0) is 22.7 Å². The molecule has 1 amide bonds. The smallest absolute Gasteiger partial charge is 0.338 e. The Labute approximate surface area is 150 Å². The summed E-state index contributed by atoms with van der Waals surface area (Å²) in [6.45, 7) is 1.88. The van der Waals surface area contributed by atoms with E-state index in [0.29, 0.717) is 22.6 Å². The van der Waals surface area contributed by atoms with Gasteiger partial charge in [0, 0.05) is 6.54 Å². The third-order valence-electron chi connectivity index (χ3n) is 3.93. The molecule has 0 spiro atoms. The van der Waals surface area contributed by atoms with Crippen molar-refractivity contribution < 1.29 is 28.9 Å². The molecule has 7 nitrogen and oxygen atoms in total. The number of carbonyl (C=O) groups excluding carboxylic acids is 2. The first-order valence-electron chi connectivity index (χ1n) is 8.14. The van der Waals surface area contributed by atoms with Crippen molar-refractivity contribution in [2.45, 2.75) is 26.2 Å². The molecule has 0 radical (unpaired) electrons. The molecule has 26 heavy (non-hydrogen) atoms. The minimum absolute atomic E-state index is 0.103. The molecule has 2 aromatic carbocycles.